The van der Waals surface area contributed by atoms with Crippen LogP contribution < -0.4 is 0 Å². The van der Waals surface area contributed by atoms with E-state index in [4.69, 9.17) is 4.42 Å². The Labute approximate surface area is 185 Å². The number of benzene rings is 2. The predicted molar refractivity (Wildman–Crippen MR) is 124 cm³/mol. The fourth-order valence-corrected chi connectivity index (χ4v) is 4.13. The molecule has 1 aliphatic heterocycles. The summed E-state index contributed by atoms with van der Waals surface area (Å²) in [6, 6.07) is 22.9. The van der Waals surface area contributed by atoms with Crippen molar-refractivity contribution in [2.75, 3.05) is 13.1 Å². The van der Waals surface area contributed by atoms with Crippen molar-refractivity contribution in [2.24, 2.45) is 5.92 Å². The largest absolute Gasteiger partial charge is 0.455 e. The lowest BCUT2D eigenvalue weighted by atomic mass is 9.99. The molecule has 1 amide bonds. The molecule has 0 unspecified atom stereocenters. The molecule has 1 aromatic heterocycles. The van der Waals surface area contributed by atoms with Crippen LogP contribution in [-0.4, -0.2) is 28.8 Å². The van der Waals surface area contributed by atoms with Crippen molar-refractivity contribution in [1.82, 2.24) is 9.80 Å². The molecule has 4 rings (SSSR count). The Bertz CT molecular complexity index is 970. The van der Waals surface area contributed by atoms with Gasteiger partial charge in [0.05, 0.1) is 6.54 Å². The lowest BCUT2D eigenvalue weighted by molar-refractivity contribution is 0.0661. The normalized spacial score (nSPS) is 14.9. The van der Waals surface area contributed by atoms with Crippen molar-refractivity contribution in [3.05, 3.63) is 94.9 Å². The number of rotatable bonds is 7. The third-order valence-corrected chi connectivity index (χ3v) is 6.10. The number of amides is 1. The van der Waals surface area contributed by atoms with Crippen molar-refractivity contribution in [3.8, 4) is 0 Å². The Morgan fingerprint density at radius 2 is 1.55 bits per heavy atom. The molecule has 0 aliphatic carbocycles. The molecule has 0 saturated carbocycles. The number of aryl methyl sites for hydroxylation is 1. The van der Waals surface area contributed by atoms with Gasteiger partial charge in [-0.2, -0.15) is 0 Å². The van der Waals surface area contributed by atoms with Gasteiger partial charge in [-0.05, 0) is 48.9 Å². The molecule has 1 aliphatic rings. The fraction of sp³-hybridized carbons (Fsp3) is 0.370. The van der Waals surface area contributed by atoms with Gasteiger partial charge in [-0.15, -0.1) is 0 Å². The average Bonchev–Trinajstić information content (AvgIpc) is 3.24. The van der Waals surface area contributed by atoms with Gasteiger partial charge < -0.3 is 9.32 Å². The second-order valence-corrected chi connectivity index (χ2v) is 8.86. The van der Waals surface area contributed by atoms with Crippen molar-refractivity contribution in [2.45, 2.75) is 46.3 Å². The van der Waals surface area contributed by atoms with Crippen molar-refractivity contribution < 1.29 is 9.21 Å². The van der Waals surface area contributed by atoms with Crippen molar-refractivity contribution in [1.29, 1.82) is 0 Å². The zero-order valence-corrected chi connectivity index (χ0v) is 18.6. The maximum Gasteiger partial charge on any atom is 0.289 e. The molecule has 0 N–H and O–H groups in total. The molecule has 2 heterocycles. The van der Waals surface area contributed by atoms with Crippen molar-refractivity contribution in [3.63, 3.8) is 0 Å². The maximum absolute atomic E-state index is 12.8. The first kappa shape index (κ1) is 21.4. The minimum Gasteiger partial charge on any atom is -0.455 e. The molecule has 0 spiro atoms. The summed E-state index contributed by atoms with van der Waals surface area (Å²) >= 11 is 0. The first-order chi connectivity index (χ1) is 15.1. The summed E-state index contributed by atoms with van der Waals surface area (Å²) in [6.45, 7) is 8.31. The Balaban J connectivity index is 1.46. The maximum atomic E-state index is 12.8. The van der Waals surface area contributed by atoms with E-state index >= 15 is 0 Å². The summed E-state index contributed by atoms with van der Waals surface area (Å²) in [4.78, 5) is 17.1. The number of piperidine rings is 1. The van der Waals surface area contributed by atoms with Crippen LogP contribution in [0.1, 0.15) is 52.8 Å². The Morgan fingerprint density at radius 3 is 2.23 bits per heavy atom. The summed E-state index contributed by atoms with van der Waals surface area (Å²) in [7, 11) is 0. The average molecular weight is 417 g/mol. The van der Waals surface area contributed by atoms with E-state index in [0.717, 1.165) is 44.8 Å². The summed E-state index contributed by atoms with van der Waals surface area (Å²) in [5, 5.41) is 0. The number of hydrogen-bond acceptors (Lipinski definition) is 3. The Kier molecular flexibility index (Phi) is 6.88. The molecule has 1 fully saturated rings. The number of carbonyl (C=O) groups excluding carboxylic acids is 1. The molecule has 2 aromatic carbocycles. The molecule has 0 radical (unpaired) electrons. The second-order valence-electron chi connectivity index (χ2n) is 8.86. The van der Waals surface area contributed by atoms with E-state index in [1.165, 1.54) is 16.7 Å². The molecule has 4 heteroatoms. The van der Waals surface area contributed by atoms with E-state index in [0.29, 0.717) is 18.2 Å². The highest BCUT2D eigenvalue weighted by Crippen LogP contribution is 2.21. The van der Waals surface area contributed by atoms with Crippen LogP contribution in [0.2, 0.25) is 0 Å². The fourth-order valence-electron chi connectivity index (χ4n) is 4.13. The highest BCUT2D eigenvalue weighted by Gasteiger charge is 2.24. The number of carbonyl (C=O) groups is 1. The van der Waals surface area contributed by atoms with Crippen LogP contribution in [-0.2, 0) is 19.6 Å². The minimum absolute atomic E-state index is 0.0197. The topological polar surface area (TPSA) is 36.7 Å². The molecule has 3 aromatic rings. The van der Waals surface area contributed by atoms with Crippen molar-refractivity contribution >= 4 is 5.91 Å². The van der Waals surface area contributed by atoms with Gasteiger partial charge in [-0.25, -0.2) is 0 Å². The van der Waals surface area contributed by atoms with Gasteiger partial charge in [0.15, 0.2) is 5.76 Å². The smallest absolute Gasteiger partial charge is 0.289 e. The number of nitrogens with zero attached hydrogens (tertiary/aromatic N) is 2. The SMILES string of the molecule is Cc1ccc(CN(Cc2ccccc2)Cc2ccc(C(=O)N3CCC(C)CC3)o2)cc1. The first-order valence-electron chi connectivity index (χ1n) is 11.3. The van der Waals surface area contributed by atoms with E-state index in [1.54, 1.807) is 0 Å². The van der Waals surface area contributed by atoms with Crippen LogP contribution in [0, 0.1) is 12.8 Å². The zero-order chi connectivity index (χ0) is 21.6. The van der Waals surface area contributed by atoms with E-state index in [1.807, 2.05) is 23.1 Å². The second kappa shape index (κ2) is 9.97. The van der Waals surface area contributed by atoms with E-state index < -0.39 is 0 Å². The van der Waals surface area contributed by atoms with Gasteiger partial charge in [-0.3, -0.25) is 9.69 Å². The first-order valence-corrected chi connectivity index (χ1v) is 11.3. The van der Waals surface area contributed by atoms with Gasteiger partial charge in [0.2, 0.25) is 0 Å². The summed E-state index contributed by atoms with van der Waals surface area (Å²) in [5.74, 6) is 2.01. The van der Waals surface area contributed by atoms with Crippen LogP contribution >= 0.6 is 0 Å². The molecule has 31 heavy (non-hydrogen) atoms. The molecular weight excluding hydrogens is 384 g/mol. The third kappa shape index (κ3) is 5.86. The number of furan rings is 1. The van der Waals surface area contributed by atoms with Crippen LogP contribution in [0.5, 0.6) is 0 Å². The molecule has 1 saturated heterocycles. The van der Waals surface area contributed by atoms with Crippen LogP contribution in [0.4, 0.5) is 0 Å². The van der Waals surface area contributed by atoms with Crippen LogP contribution in [0.3, 0.4) is 0 Å². The number of likely N-dealkylation sites (tertiary alicyclic amines) is 1. The van der Waals surface area contributed by atoms with E-state index in [2.05, 4.69) is 67.3 Å². The van der Waals surface area contributed by atoms with Crippen LogP contribution in [0.25, 0.3) is 0 Å². The van der Waals surface area contributed by atoms with Gasteiger partial charge in [0.1, 0.15) is 5.76 Å². The molecular formula is C27H32N2O2. The lowest BCUT2D eigenvalue weighted by Gasteiger charge is -2.29. The summed E-state index contributed by atoms with van der Waals surface area (Å²) in [6.07, 6.45) is 2.14. The van der Waals surface area contributed by atoms with E-state index in [9.17, 15) is 4.79 Å². The molecule has 162 valence electrons. The Morgan fingerprint density at radius 1 is 0.903 bits per heavy atom. The quantitative estimate of drug-likeness (QED) is 0.498. The Hall–Kier alpha value is -2.85. The highest BCUT2D eigenvalue weighted by molar-refractivity contribution is 5.91. The molecule has 4 nitrogen and oxygen atoms in total. The monoisotopic (exact) mass is 416 g/mol. The number of hydrogen-bond donors (Lipinski definition) is 0. The molecule has 0 bridgehead atoms. The lowest BCUT2D eigenvalue weighted by Crippen LogP contribution is -2.37. The highest BCUT2D eigenvalue weighted by atomic mass is 16.4. The minimum atomic E-state index is 0.0197. The molecule has 0 atom stereocenters. The van der Waals surface area contributed by atoms with Gasteiger partial charge in [0.25, 0.3) is 5.91 Å². The van der Waals surface area contributed by atoms with Gasteiger partial charge in [0, 0.05) is 26.2 Å². The zero-order valence-electron chi connectivity index (χ0n) is 18.6. The van der Waals surface area contributed by atoms with Gasteiger partial charge >= 0.3 is 0 Å². The standard InChI is InChI=1S/C27H32N2O2/c1-21-8-10-24(11-9-21)19-28(18-23-6-4-3-5-7-23)20-25-12-13-26(31-25)27(30)29-16-14-22(2)15-17-29/h3-13,22H,14-20H2,1-2H3. The summed E-state index contributed by atoms with van der Waals surface area (Å²) < 4.78 is 6.02. The van der Waals surface area contributed by atoms with Crippen LogP contribution in [0.15, 0.2) is 71.1 Å². The predicted octanol–water partition coefficient (Wildman–Crippen LogP) is 5.66. The third-order valence-electron chi connectivity index (χ3n) is 6.10. The summed E-state index contributed by atoms with van der Waals surface area (Å²) in [5.41, 5.74) is 3.80. The van der Waals surface area contributed by atoms with E-state index in [-0.39, 0.29) is 5.91 Å². The van der Waals surface area contributed by atoms with Gasteiger partial charge in [-0.1, -0.05) is 67.1 Å².